The van der Waals surface area contributed by atoms with E-state index in [0.29, 0.717) is 21.9 Å². The molecule has 0 unspecified atom stereocenters. The van der Waals surface area contributed by atoms with E-state index in [0.717, 1.165) is 28.0 Å². The standard InChI is InChI=1S/C23H17N3O3S/c1-14-9-22(27)29-21-10-17(5-8-19(14)21)25-12-16(11-24)23-26-20(13-30-23)15-3-6-18(28-2)7-4-15/h3-10,12-13,25H,1-2H3. The molecule has 0 saturated carbocycles. The SMILES string of the molecule is COc1ccc(-c2csc(C(C#N)=CNc3ccc4c(C)cc(=O)oc4c3)n2)cc1. The van der Waals surface area contributed by atoms with Crippen molar-refractivity contribution in [2.24, 2.45) is 0 Å². The molecular weight excluding hydrogens is 398 g/mol. The largest absolute Gasteiger partial charge is 0.497 e. The molecule has 7 heteroatoms. The number of fused-ring (bicyclic) bond motifs is 1. The van der Waals surface area contributed by atoms with Crippen LogP contribution in [0.2, 0.25) is 0 Å². The first-order valence-corrected chi connectivity index (χ1v) is 9.97. The Balaban J connectivity index is 1.58. The van der Waals surface area contributed by atoms with Gasteiger partial charge in [-0.05, 0) is 48.9 Å². The van der Waals surface area contributed by atoms with Crippen molar-refractivity contribution in [3.05, 3.63) is 81.1 Å². The van der Waals surface area contributed by atoms with Crippen LogP contribution in [0, 0.1) is 18.3 Å². The average molecular weight is 415 g/mol. The first kappa shape index (κ1) is 19.4. The van der Waals surface area contributed by atoms with Crippen LogP contribution in [-0.2, 0) is 0 Å². The van der Waals surface area contributed by atoms with E-state index in [1.165, 1.54) is 17.4 Å². The number of rotatable bonds is 5. The molecule has 148 valence electrons. The van der Waals surface area contributed by atoms with Gasteiger partial charge in [-0.25, -0.2) is 9.78 Å². The van der Waals surface area contributed by atoms with Crippen LogP contribution in [0.4, 0.5) is 5.69 Å². The van der Waals surface area contributed by atoms with Gasteiger partial charge in [0, 0.05) is 40.3 Å². The fourth-order valence-corrected chi connectivity index (χ4v) is 3.80. The number of nitriles is 1. The van der Waals surface area contributed by atoms with Gasteiger partial charge in [0.25, 0.3) is 0 Å². The monoisotopic (exact) mass is 415 g/mol. The number of allylic oxidation sites excluding steroid dienone is 1. The second-order valence-electron chi connectivity index (χ2n) is 6.54. The Kier molecular flexibility index (Phi) is 5.33. The highest BCUT2D eigenvalue weighted by Gasteiger charge is 2.10. The molecule has 0 amide bonds. The maximum atomic E-state index is 11.6. The third-order valence-corrected chi connectivity index (χ3v) is 5.45. The summed E-state index contributed by atoms with van der Waals surface area (Å²) in [6.45, 7) is 1.86. The molecule has 0 spiro atoms. The Labute approximate surface area is 176 Å². The summed E-state index contributed by atoms with van der Waals surface area (Å²) in [6.07, 6.45) is 1.60. The molecule has 0 saturated heterocycles. The van der Waals surface area contributed by atoms with Gasteiger partial charge in [-0.2, -0.15) is 5.26 Å². The van der Waals surface area contributed by atoms with Crippen molar-refractivity contribution in [2.75, 3.05) is 12.4 Å². The highest BCUT2D eigenvalue weighted by atomic mass is 32.1. The molecule has 0 aliphatic rings. The third-order valence-electron chi connectivity index (χ3n) is 4.58. The zero-order valence-electron chi connectivity index (χ0n) is 16.3. The van der Waals surface area contributed by atoms with Crippen LogP contribution in [-0.4, -0.2) is 12.1 Å². The Morgan fingerprint density at radius 1 is 1.23 bits per heavy atom. The maximum absolute atomic E-state index is 11.6. The van der Waals surface area contributed by atoms with Crippen molar-refractivity contribution in [1.29, 1.82) is 5.26 Å². The number of thiazole rings is 1. The Morgan fingerprint density at radius 2 is 2.03 bits per heavy atom. The number of anilines is 1. The molecule has 4 rings (SSSR count). The lowest BCUT2D eigenvalue weighted by molar-refractivity contribution is 0.415. The van der Waals surface area contributed by atoms with Crippen LogP contribution >= 0.6 is 11.3 Å². The van der Waals surface area contributed by atoms with Crippen molar-refractivity contribution < 1.29 is 9.15 Å². The minimum Gasteiger partial charge on any atom is -0.497 e. The van der Waals surface area contributed by atoms with Crippen LogP contribution in [0.5, 0.6) is 5.75 Å². The minimum atomic E-state index is -0.390. The van der Waals surface area contributed by atoms with Crippen LogP contribution in [0.25, 0.3) is 27.8 Å². The number of hydrogen-bond donors (Lipinski definition) is 1. The highest BCUT2D eigenvalue weighted by Crippen LogP contribution is 2.28. The lowest BCUT2D eigenvalue weighted by Gasteiger charge is -2.05. The summed E-state index contributed by atoms with van der Waals surface area (Å²) in [7, 11) is 1.62. The molecule has 2 aromatic carbocycles. The van der Waals surface area contributed by atoms with E-state index < -0.39 is 0 Å². The first-order chi connectivity index (χ1) is 14.6. The number of ether oxygens (including phenoxy) is 1. The molecule has 6 nitrogen and oxygen atoms in total. The number of hydrogen-bond acceptors (Lipinski definition) is 7. The smallest absolute Gasteiger partial charge is 0.336 e. The Hall–Kier alpha value is -3.89. The maximum Gasteiger partial charge on any atom is 0.336 e. The fourth-order valence-electron chi connectivity index (χ4n) is 3.00. The highest BCUT2D eigenvalue weighted by molar-refractivity contribution is 7.11. The van der Waals surface area contributed by atoms with Gasteiger partial charge in [0.2, 0.25) is 0 Å². The van der Waals surface area contributed by atoms with E-state index in [2.05, 4.69) is 16.4 Å². The minimum absolute atomic E-state index is 0.390. The summed E-state index contributed by atoms with van der Waals surface area (Å²) in [5.41, 5.74) is 3.81. The van der Waals surface area contributed by atoms with Crippen molar-refractivity contribution in [2.45, 2.75) is 6.92 Å². The molecular formula is C23H17N3O3S. The molecule has 0 radical (unpaired) electrons. The molecule has 30 heavy (non-hydrogen) atoms. The number of methoxy groups -OCH3 is 1. The molecule has 2 heterocycles. The molecule has 0 bridgehead atoms. The van der Waals surface area contributed by atoms with Gasteiger partial charge in [-0.3, -0.25) is 0 Å². The average Bonchev–Trinajstić information content (AvgIpc) is 3.24. The normalized spacial score (nSPS) is 11.3. The van der Waals surface area contributed by atoms with Crippen molar-refractivity contribution in [3.63, 3.8) is 0 Å². The number of nitrogens with zero attached hydrogens (tertiary/aromatic N) is 2. The van der Waals surface area contributed by atoms with E-state index in [-0.39, 0.29) is 5.63 Å². The van der Waals surface area contributed by atoms with Gasteiger partial charge < -0.3 is 14.5 Å². The van der Waals surface area contributed by atoms with Gasteiger partial charge in [-0.15, -0.1) is 11.3 Å². The van der Waals surface area contributed by atoms with Gasteiger partial charge in [0.1, 0.15) is 28.0 Å². The topological polar surface area (TPSA) is 88.1 Å². The molecule has 2 aromatic heterocycles. The van der Waals surface area contributed by atoms with E-state index in [9.17, 15) is 10.1 Å². The van der Waals surface area contributed by atoms with E-state index in [4.69, 9.17) is 9.15 Å². The van der Waals surface area contributed by atoms with Gasteiger partial charge in [0.05, 0.1) is 12.8 Å². The van der Waals surface area contributed by atoms with Crippen LogP contribution < -0.4 is 15.7 Å². The zero-order chi connectivity index (χ0) is 21.1. The van der Waals surface area contributed by atoms with Gasteiger partial charge in [0.15, 0.2) is 0 Å². The number of aryl methyl sites for hydroxylation is 1. The van der Waals surface area contributed by atoms with Crippen LogP contribution in [0.3, 0.4) is 0 Å². The van der Waals surface area contributed by atoms with Gasteiger partial charge >= 0.3 is 5.63 Å². The molecule has 0 fully saturated rings. The van der Waals surface area contributed by atoms with Crippen molar-refractivity contribution in [1.82, 2.24) is 4.98 Å². The Bertz CT molecular complexity index is 1340. The predicted molar refractivity (Wildman–Crippen MR) is 119 cm³/mol. The second kappa shape index (κ2) is 8.23. The van der Waals surface area contributed by atoms with Gasteiger partial charge in [-0.1, -0.05) is 0 Å². The van der Waals surface area contributed by atoms with Crippen molar-refractivity contribution >= 4 is 33.6 Å². The van der Waals surface area contributed by atoms with E-state index in [1.807, 2.05) is 48.7 Å². The summed E-state index contributed by atoms with van der Waals surface area (Å²) in [6, 6.07) is 16.7. The third kappa shape index (κ3) is 3.95. The fraction of sp³-hybridized carbons (Fsp3) is 0.0870. The second-order valence-corrected chi connectivity index (χ2v) is 7.40. The molecule has 4 aromatic rings. The van der Waals surface area contributed by atoms with Crippen molar-refractivity contribution in [3.8, 4) is 23.1 Å². The summed E-state index contributed by atoms with van der Waals surface area (Å²) in [4.78, 5) is 16.2. The van der Waals surface area contributed by atoms with E-state index in [1.54, 1.807) is 19.4 Å². The zero-order valence-corrected chi connectivity index (χ0v) is 17.1. The molecule has 0 aliphatic heterocycles. The Morgan fingerprint density at radius 3 is 2.77 bits per heavy atom. The lowest BCUT2D eigenvalue weighted by Crippen LogP contribution is -1.98. The summed E-state index contributed by atoms with van der Waals surface area (Å²) in [5, 5.41) is 16.1. The number of nitrogens with one attached hydrogen (secondary N) is 1. The lowest BCUT2D eigenvalue weighted by atomic mass is 10.1. The summed E-state index contributed by atoms with van der Waals surface area (Å²) >= 11 is 1.40. The molecule has 1 N–H and O–H groups in total. The number of aromatic nitrogens is 1. The van der Waals surface area contributed by atoms with E-state index >= 15 is 0 Å². The van der Waals surface area contributed by atoms with Crippen LogP contribution in [0.1, 0.15) is 10.6 Å². The predicted octanol–water partition coefficient (Wildman–Crippen LogP) is 5.21. The molecule has 0 aliphatic carbocycles. The van der Waals surface area contributed by atoms with Crippen LogP contribution in [0.15, 0.2) is 69.3 Å². The number of benzene rings is 2. The quantitative estimate of drug-likeness (QED) is 0.356. The summed E-state index contributed by atoms with van der Waals surface area (Å²) in [5.74, 6) is 0.775. The molecule has 0 atom stereocenters. The first-order valence-electron chi connectivity index (χ1n) is 9.09. The summed E-state index contributed by atoms with van der Waals surface area (Å²) < 4.78 is 10.4.